The molecule has 8 aromatic rings. The van der Waals surface area contributed by atoms with Crippen LogP contribution in [-0.2, 0) is 27.1 Å². The summed E-state index contributed by atoms with van der Waals surface area (Å²) in [5.74, 6) is 0. The lowest BCUT2D eigenvalue weighted by molar-refractivity contribution is 0.194. The quantitative estimate of drug-likeness (QED) is 0.163. The van der Waals surface area contributed by atoms with Gasteiger partial charge in [-0.2, -0.15) is 0 Å². The normalized spacial score (nSPS) is 24.5. The molecule has 0 saturated heterocycles. The number of para-hydroxylation sites is 1. The molecule has 75 heavy (non-hydrogen) atoms. The second kappa shape index (κ2) is 15.5. The van der Waals surface area contributed by atoms with Gasteiger partial charge >= 0.3 is 0 Å². The van der Waals surface area contributed by atoms with Crippen LogP contribution in [0.1, 0.15) is 169 Å². The van der Waals surface area contributed by atoms with Crippen LogP contribution in [0, 0.1) is 0 Å². The fourth-order valence-electron chi connectivity index (χ4n) is 16.1. The van der Waals surface area contributed by atoms with E-state index in [1.807, 2.05) is 11.3 Å². The molecule has 14 rings (SSSR count). The van der Waals surface area contributed by atoms with Gasteiger partial charge < -0.3 is 14.7 Å². The van der Waals surface area contributed by atoms with Gasteiger partial charge in [-0.3, -0.25) is 0 Å². The number of nitrogens with zero attached hydrogens (tertiary/aromatic N) is 3. The van der Waals surface area contributed by atoms with Gasteiger partial charge in [-0.25, -0.2) is 0 Å². The second-order valence-corrected chi connectivity index (χ2v) is 29.1. The highest BCUT2D eigenvalue weighted by Crippen LogP contribution is 2.65. The molecule has 1 aromatic heterocycles. The maximum atomic E-state index is 2.98. The van der Waals surface area contributed by atoms with Crippen LogP contribution in [0.2, 0.25) is 0 Å². The highest BCUT2D eigenvalue weighted by molar-refractivity contribution is 7.26. The van der Waals surface area contributed by atoms with Crippen LogP contribution in [0.25, 0.3) is 31.3 Å². The molecule has 380 valence electrons. The Kier molecular flexibility index (Phi) is 9.82. The average Bonchev–Trinajstić information content (AvgIpc) is 4.04. The van der Waals surface area contributed by atoms with E-state index < -0.39 is 0 Å². The summed E-state index contributed by atoms with van der Waals surface area (Å²) in [5, 5.41) is 2.75. The van der Waals surface area contributed by atoms with E-state index in [9.17, 15) is 0 Å². The van der Waals surface area contributed by atoms with Gasteiger partial charge in [0, 0.05) is 65.0 Å². The van der Waals surface area contributed by atoms with Gasteiger partial charge in [-0.15, -0.1) is 11.3 Å². The first-order chi connectivity index (χ1) is 35.6. The molecule has 4 unspecified atom stereocenters. The summed E-state index contributed by atoms with van der Waals surface area (Å²) in [7, 11) is 0. The number of anilines is 7. The SMILES string of the molecule is CC(C)(C)c1ccc(N2c3cc(N4c5ccccc5C5(C)CCCCC45C)cc4c3B(c3cc(C(C)(C)C)cc5c3N4C3(C)CCCCC53C)c3ccc4sc5ccc(C(C)(C)C)cc5c4c32)c(-c2ccccc2)c1. The van der Waals surface area contributed by atoms with Gasteiger partial charge in [0.05, 0.1) is 22.5 Å². The van der Waals surface area contributed by atoms with Crippen LogP contribution in [0.15, 0.2) is 127 Å². The molecule has 2 aliphatic carbocycles. The predicted octanol–water partition coefficient (Wildman–Crippen LogP) is 17.7. The van der Waals surface area contributed by atoms with Crippen molar-refractivity contribution in [2.24, 2.45) is 0 Å². The number of fused-ring (bicyclic) bond motifs is 14. The highest BCUT2D eigenvalue weighted by atomic mass is 32.1. The molecule has 0 bridgehead atoms. The Morgan fingerprint density at radius 1 is 0.467 bits per heavy atom. The molecule has 0 radical (unpaired) electrons. The Bertz CT molecular complexity index is 3730. The van der Waals surface area contributed by atoms with Gasteiger partial charge in [0.2, 0.25) is 0 Å². The van der Waals surface area contributed by atoms with Gasteiger partial charge in [0.15, 0.2) is 0 Å². The van der Waals surface area contributed by atoms with E-state index in [4.69, 9.17) is 0 Å². The Morgan fingerprint density at radius 2 is 1.07 bits per heavy atom. The monoisotopic (exact) mass is 1000 g/mol. The summed E-state index contributed by atoms with van der Waals surface area (Å²) >= 11 is 1.97. The van der Waals surface area contributed by atoms with Crippen molar-refractivity contribution >= 4 is 94.4 Å². The van der Waals surface area contributed by atoms with Crippen LogP contribution in [0.5, 0.6) is 0 Å². The Morgan fingerprint density at radius 3 is 1.77 bits per heavy atom. The lowest BCUT2D eigenvalue weighted by Crippen LogP contribution is -2.64. The molecule has 7 aromatic carbocycles. The molecule has 0 amide bonds. The number of rotatable bonds is 3. The molecular weight excluding hydrogens is 926 g/mol. The number of hydrogen-bond donors (Lipinski definition) is 0. The molecular formula is C70H76BN3S. The third-order valence-corrected chi connectivity index (χ3v) is 21.9. The molecule has 4 aliphatic heterocycles. The minimum atomic E-state index is -0.117. The maximum Gasteiger partial charge on any atom is 0.252 e. The highest BCUT2D eigenvalue weighted by Gasteiger charge is 2.63. The lowest BCUT2D eigenvalue weighted by atomic mass is 9.33. The fraction of sp³-hybridized carbons (Fsp3) is 0.400. The van der Waals surface area contributed by atoms with E-state index in [0.717, 1.165) is 6.42 Å². The van der Waals surface area contributed by atoms with Crippen molar-refractivity contribution in [2.45, 2.75) is 180 Å². The summed E-state index contributed by atoms with van der Waals surface area (Å²) in [4.78, 5) is 8.67. The standard InChI is InChI=1S/C70H76BN3S/c1-64(2,3)44-27-30-54(48(37-44)43-23-15-14-16-24-43)72-56-41-47(73-55-26-18-17-25-50(55)67(10)33-19-21-35-69(67,73)12)42-57-61(56)71(52-29-32-59-60(63(52)72)49-38-45(65(4,5)6)28-31-58(49)75-59)53-40-46(66(7,8)9)39-51-62(53)74(57)70(13)36-22-20-34-68(51,70)11/h14-18,23-32,37-42H,19-22,33-36H2,1-13H3. The third kappa shape index (κ3) is 6.28. The van der Waals surface area contributed by atoms with Gasteiger partial charge in [0.1, 0.15) is 0 Å². The van der Waals surface area contributed by atoms with E-state index in [2.05, 4.69) is 232 Å². The second-order valence-electron chi connectivity index (χ2n) is 28.0. The van der Waals surface area contributed by atoms with E-state index in [1.165, 1.54) is 155 Å². The van der Waals surface area contributed by atoms with Crippen molar-refractivity contribution in [3.8, 4) is 11.1 Å². The van der Waals surface area contributed by atoms with Crippen LogP contribution in [0.4, 0.5) is 39.8 Å². The van der Waals surface area contributed by atoms with Crippen molar-refractivity contribution in [2.75, 3.05) is 14.7 Å². The third-order valence-electron chi connectivity index (χ3n) is 20.8. The zero-order valence-electron chi connectivity index (χ0n) is 47.1. The minimum absolute atomic E-state index is 0.00380. The van der Waals surface area contributed by atoms with Crippen LogP contribution >= 0.6 is 11.3 Å². The zero-order chi connectivity index (χ0) is 52.1. The summed E-state index contributed by atoms with van der Waals surface area (Å²) in [5.41, 5.74) is 23.4. The molecule has 6 aliphatic rings. The van der Waals surface area contributed by atoms with Crippen LogP contribution < -0.4 is 31.1 Å². The predicted molar refractivity (Wildman–Crippen MR) is 326 cm³/mol. The first-order valence-corrected chi connectivity index (χ1v) is 29.5. The van der Waals surface area contributed by atoms with Crippen molar-refractivity contribution in [1.82, 2.24) is 0 Å². The van der Waals surface area contributed by atoms with Crippen LogP contribution in [-0.4, -0.2) is 17.8 Å². The van der Waals surface area contributed by atoms with Gasteiger partial charge in [-0.1, -0.05) is 181 Å². The van der Waals surface area contributed by atoms with Crippen molar-refractivity contribution < 1.29 is 0 Å². The van der Waals surface area contributed by atoms with Crippen LogP contribution in [0.3, 0.4) is 0 Å². The maximum absolute atomic E-state index is 2.98. The Balaban J connectivity index is 1.19. The average molecular weight is 1000 g/mol. The summed E-state index contributed by atoms with van der Waals surface area (Å²) in [6, 6.07) is 51.6. The van der Waals surface area contributed by atoms with Crippen molar-refractivity contribution in [1.29, 1.82) is 0 Å². The molecule has 2 fully saturated rings. The molecule has 0 spiro atoms. The molecule has 3 nitrogen and oxygen atoms in total. The number of thiophene rings is 1. The molecule has 4 atom stereocenters. The zero-order valence-corrected chi connectivity index (χ0v) is 47.9. The minimum Gasteiger partial charge on any atom is -0.335 e. The topological polar surface area (TPSA) is 9.72 Å². The smallest absolute Gasteiger partial charge is 0.252 e. The van der Waals surface area contributed by atoms with Gasteiger partial charge in [-0.05, 0) is 154 Å². The summed E-state index contributed by atoms with van der Waals surface area (Å²) < 4.78 is 2.70. The molecule has 5 heteroatoms. The first-order valence-electron chi connectivity index (χ1n) is 28.6. The fourth-order valence-corrected chi connectivity index (χ4v) is 17.2. The first kappa shape index (κ1) is 47.7. The van der Waals surface area contributed by atoms with Gasteiger partial charge in [0.25, 0.3) is 6.71 Å². The Labute approximate surface area is 452 Å². The van der Waals surface area contributed by atoms with E-state index in [0.29, 0.717) is 0 Å². The lowest BCUT2D eigenvalue weighted by Gasteiger charge is -2.54. The van der Waals surface area contributed by atoms with Crippen molar-refractivity contribution in [3.63, 3.8) is 0 Å². The largest absolute Gasteiger partial charge is 0.335 e. The molecule has 2 saturated carbocycles. The molecule has 0 N–H and O–H groups in total. The number of benzene rings is 7. The summed E-state index contributed by atoms with van der Waals surface area (Å²) in [6.07, 6.45) is 9.74. The van der Waals surface area contributed by atoms with E-state index in [1.54, 1.807) is 5.56 Å². The van der Waals surface area contributed by atoms with E-state index >= 15 is 0 Å². The van der Waals surface area contributed by atoms with E-state index in [-0.39, 0.29) is 44.9 Å². The summed E-state index contributed by atoms with van der Waals surface area (Å²) in [6.45, 7) is 32.1. The van der Waals surface area contributed by atoms with Crippen molar-refractivity contribution in [3.05, 3.63) is 155 Å². The Hall–Kier alpha value is -5.78. The molecule has 5 heterocycles. The number of hydrogen-bond acceptors (Lipinski definition) is 4.